The molecule has 1 aromatic carbocycles. The number of amides is 2. The number of nitrogens with zero attached hydrogens (tertiary/aromatic N) is 2. The molecule has 3 saturated heterocycles. The first-order valence-corrected chi connectivity index (χ1v) is 13.4. The van der Waals surface area contributed by atoms with Gasteiger partial charge in [-0.2, -0.15) is 0 Å². The molecule has 3 aliphatic rings. The molecule has 7 nitrogen and oxygen atoms in total. The maximum Gasteiger partial charge on any atom is 0.310 e. The Morgan fingerprint density at radius 2 is 2.17 bits per heavy atom. The van der Waals surface area contributed by atoms with Crippen LogP contribution in [0.15, 0.2) is 30.9 Å². The Bertz CT molecular complexity index is 1030. The monoisotopic (exact) mass is 520 g/mol. The number of carbonyl (C=O) groups is 3. The van der Waals surface area contributed by atoms with E-state index in [1.54, 1.807) is 42.7 Å². The third-order valence-corrected chi connectivity index (χ3v) is 10.1. The van der Waals surface area contributed by atoms with Gasteiger partial charge in [0.1, 0.15) is 6.04 Å². The molecular formula is C26H33ClN2O5S. The Hall–Kier alpha value is -2.03. The normalized spacial score (nSPS) is 31.9. The van der Waals surface area contributed by atoms with Gasteiger partial charge in [0.2, 0.25) is 5.91 Å². The number of rotatable bonds is 8. The number of aryl methyl sites for hydroxylation is 1. The topological polar surface area (TPSA) is 87.2 Å². The predicted octanol–water partition coefficient (Wildman–Crippen LogP) is 3.45. The van der Waals surface area contributed by atoms with E-state index in [4.69, 9.17) is 16.3 Å². The molecule has 35 heavy (non-hydrogen) atoms. The van der Waals surface area contributed by atoms with Crippen LogP contribution in [0.3, 0.4) is 0 Å². The van der Waals surface area contributed by atoms with Crippen molar-refractivity contribution >= 4 is 46.8 Å². The number of halogens is 1. The molecule has 3 heterocycles. The number of thioether (sulfide) groups is 1. The first-order chi connectivity index (χ1) is 16.6. The minimum absolute atomic E-state index is 0.0138. The van der Waals surface area contributed by atoms with Crippen LogP contribution in [-0.2, 0) is 19.1 Å². The molecule has 9 heteroatoms. The zero-order valence-electron chi connectivity index (χ0n) is 20.6. The predicted molar refractivity (Wildman–Crippen MR) is 137 cm³/mol. The van der Waals surface area contributed by atoms with Crippen molar-refractivity contribution in [3.05, 3.63) is 41.4 Å². The van der Waals surface area contributed by atoms with Crippen LogP contribution in [0.1, 0.15) is 32.8 Å². The molecule has 1 spiro atoms. The van der Waals surface area contributed by atoms with Crippen LogP contribution in [0.4, 0.5) is 5.69 Å². The Balaban J connectivity index is 1.87. The molecule has 0 aromatic heterocycles. The summed E-state index contributed by atoms with van der Waals surface area (Å²) in [7, 11) is 0. The fourth-order valence-corrected chi connectivity index (χ4v) is 9.05. The molecule has 0 aliphatic carbocycles. The van der Waals surface area contributed by atoms with Gasteiger partial charge in [-0.05, 0) is 44.7 Å². The van der Waals surface area contributed by atoms with Gasteiger partial charge < -0.3 is 19.6 Å². The van der Waals surface area contributed by atoms with Gasteiger partial charge in [-0.3, -0.25) is 14.4 Å². The summed E-state index contributed by atoms with van der Waals surface area (Å²) in [4.78, 5) is 44.6. The smallest absolute Gasteiger partial charge is 0.310 e. The van der Waals surface area contributed by atoms with Crippen molar-refractivity contribution in [1.82, 2.24) is 4.90 Å². The molecule has 3 aliphatic heterocycles. The average Bonchev–Trinajstić information content (AvgIpc) is 3.41. The summed E-state index contributed by atoms with van der Waals surface area (Å²) in [6.07, 6.45) is 2.35. The highest BCUT2D eigenvalue weighted by atomic mass is 35.5. The maximum atomic E-state index is 14.5. The quantitative estimate of drug-likeness (QED) is 0.417. The molecular weight excluding hydrogens is 488 g/mol. The van der Waals surface area contributed by atoms with Crippen LogP contribution >= 0.6 is 23.4 Å². The highest BCUT2D eigenvalue weighted by Crippen LogP contribution is 2.69. The highest BCUT2D eigenvalue weighted by Gasteiger charge is 2.77. The third-order valence-electron chi connectivity index (χ3n) is 7.75. The molecule has 3 fully saturated rings. The highest BCUT2D eigenvalue weighted by molar-refractivity contribution is 8.02. The van der Waals surface area contributed by atoms with Gasteiger partial charge in [-0.1, -0.05) is 36.7 Å². The van der Waals surface area contributed by atoms with Crippen molar-refractivity contribution in [2.24, 2.45) is 17.8 Å². The van der Waals surface area contributed by atoms with Crippen molar-refractivity contribution in [3.63, 3.8) is 0 Å². The number of esters is 1. The van der Waals surface area contributed by atoms with E-state index in [9.17, 15) is 19.5 Å². The van der Waals surface area contributed by atoms with Crippen molar-refractivity contribution < 1.29 is 24.2 Å². The van der Waals surface area contributed by atoms with Crippen LogP contribution in [0.2, 0.25) is 5.02 Å². The number of aliphatic hydroxyl groups excluding tert-OH is 1. The van der Waals surface area contributed by atoms with E-state index in [-0.39, 0.29) is 48.7 Å². The first-order valence-electron chi connectivity index (χ1n) is 12.1. The number of likely N-dealkylation sites (tertiary alicyclic amines) is 1. The summed E-state index contributed by atoms with van der Waals surface area (Å²) in [6, 6.07) is 3.99. The van der Waals surface area contributed by atoms with E-state index in [0.717, 1.165) is 12.0 Å². The number of benzene rings is 1. The van der Waals surface area contributed by atoms with Crippen LogP contribution in [0.5, 0.6) is 0 Å². The first kappa shape index (κ1) is 26.0. The summed E-state index contributed by atoms with van der Waals surface area (Å²) in [5.41, 5.74) is 1.41. The summed E-state index contributed by atoms with van der Waals surface area (Å²) in [5, 5.41) is 10.4. The van der Waals surface area contributed by atoms with Gasteiger partial charge in [0.05, 0.1) is 46.5 Å². The summed E-state index contributed by atoms with van der Waals surface area (Å²) < 4.78 is 4.58. The standard InChI is InChI=1S/C26H33ClN2O5S/c1-6-11-28(21-14(3)9-8-10-17(21)27)24(32)22-26-15(4)12-18(35-26)19(25(33)34-7-2)20(26)23(31)29(22)16(5)13-30/h6,8-10,15-16,18-20,22,30H,1,7,11-13H2,2-5H3/t15?,16-,18+,19-,20+,22?,26?/m1/s1. The Labute approximate surface area is 215 Å². The number of carbonyl (C=O) groups excluding carboxylic acids is 3. The second-order valence-corrected chi connectivity index (χ2v) is 11.7. The summed E-state index contributed by atoms with van der Waals surface area (Å²) in [6.45, 7) is 11.4. The van der Waals surface area contributed by atoms with Gasteiger partial charge in [-0.25, -0.2) is 0 Å². The SMILES string of the molecule is C=CCN(C(=O)C1N([C@H](C)CO)C(=O)[C@@H]2[C@H](C(=O)OCC)[C@@H]3CC(C)C12S3)c1c(C)cccc1Cl. The Kier molecular flexibility index (Phi) is 7.28. The lowest BCUT2D eigenvalue weighted by molar-refractivity contribution is -0.154. The van der Waals surface area contributed by atoms with Crippen LogP contribution < -0.4 is 4.90 Å². The lowest BCUT2D eigenvalue weighted by atomic mass is 9.66. The number of para-hydroxylation sites is 1. The molecule has 1 N–H and O–H groups in total. The van der Waals surface area contributed by atoms with E-state index in [2.05, 4.69) is 13.5 Å². The second-order valence-electron chi connectivity index (χ2n) is 9.72. The van der Waals surface area contributed by atoms with Crippen molar-refractivity contribution in [2.75, 3.05) is 24.7 Å². The number of anilines is 1. The molecule has 0 radical (unpaired) electrons. The summed E-state index contributed by atoms with van der Waals surface area (Å²) in [5.74, 6) is -2.20. The van der Waals surface area contributed by atoms with Crippen LogP contribution in [0.25, 0.3) is 0 Å². The lowest BCUT2D eigenvalue weighted by Crippen LogP contribution is -2.59. The van der Waals surface area contributed by atoms with Gasteiger partial charge in [0.25, 0.3) is 5.91 Å². The van der Waals surface area contributed by atoms with Crippen molar-refractivity contribution in [1.29, 1.82) is 0 Å². The third kappa shape index (κ3) is 3.80. The molecule has 4 rings (SSSR count). The average molecular weight is 521 g/mol. The molecule has 0 saturated carbocycles. The zero-order chi connectivity index (χ0) is 25.7. The van der Waals surface area contributed by atoms with Gasteiger partial charge in [0, 0.05) is 11.8 Å². The minimum atomic E-state index is -0.859. The minimum Gasteiger partial charge on any atom is -0.466 e. The number of fused-ring (bicyclic) bond motifs is 1. The van der Waals surface area contributed by atoms with E-state index in [1.807, 2.05) is 19.1 Å². The molecule has 190 valence electrons. The van der Waals surface area contributed by atoms with E-state index < -0.39 is 28.7 Å². The second kappa shape index (κ2) is 9.79. The van der Waals surface area contributed by atoms with Crippen molar-refractivity contribution in [3.8, 4) is 0 Å². The lowest BCUT2D eigenvalue weighted by Gasteiger charge is -2.41. The van der Waals surface area contributed by atoms with Crippen LogP contribution in [-0.4, -0.2) is 69.6 Å². The maximum absolute atomic E-state index is 14.5. The number of aliphatic hydroxyl groups is 1. The van der Waals surface area contributed by atoms with Crippen LogP contribution in [0, 0.1) is 24.7 Å². The van der Waals surface area contributed by atoms with Gasteiger partial charge in [-0.15, -0.1) is 18.3 Å². The molecule has 1 aromatic rings. The molecule has 2 amide bonds. The Morgan fingerprint density at radius 3 is 2.77 bits per heavy atom. The molecule has 2 bridgehead atoms. The number of hydrogen-bond acceptors (Lipinski definition) is 6. The molecule has 7 atom stereocenters. The number of ether oxygens (including phenoxy) is 1. The zero-order valence-corrected chi connectivity index (χ0v) is 22.1. The Morgan fingerprint density at radius 1 is 1.46 bits per heavy atom. The number of hydrogen-bond donors (Lipinski definition) is 1. The van der Waals surface area contributed by atoms with E-state index in [0.29, 0.717) is 10.7 Å². The van der Waals surface area contributed by atoms with Crippen molar-refractivity contribution in [2.45, 2.75) is 56.2 Å². The van der Waals surface area contributed by atoms with E-state index >= 15 is 0 Å². The molecule has 3 unspecified atom stereocenters. The fourth-order valence-electron chi connectivity index (χ4n) is 6.34. The van der Waals surface area contributed by atoms with Gasteiger partial charge >= 0.3 is 5.97 Å². The largest absolute Gasteiger partial charge is 0.466 e. The van der Waals surface area contributed by atoms with E-state index in [1.165, 1.54) is 4.90 Å². The summed E-state index contributed by atoms with van der Waals surface area (Å²) >= 11 is 8.15. The fraction of sp³-hybridized carbons (Fsp3) is 0.577. The van der Waals surface area contributed by atoms with Gasteiger partial charge in [0.15, 0.2) is 0 Å².